The molecule has 1 heterocycles. The predicted molar refractivity (Wildman–Crippen MR) is 82.3 cm³/mol. The Balaban J connectivity index is 2.26. The van der Waals surface area contributed by atoms with Crippen LogP contribution in [0, 0.1) is 24.7 Å². The topological polar surface area (TPSA) is 57.6 Å². The second-order valence-corrected chi connectivity index (χ2v) is 7.45. The van der Waals surface area contributed by atoms with Gasteiger partial charge in [0.05, 0.1) is 11.5 Å². The molecule has 0 amide bonds. The van der Waals surface area contributed by atoms with Crippen molar-refractivity contribution in [3.63, 3.8) is 0 Å². The maximum atomic E-state index is 12.6. The molecule has 0 bridgehead atoms. The standard InChI is InChI=1S/C16H21NO3S/c1-13-8-9-17(12-13)21(19,20)16-7-6-15(14(2)11-16)5-3-4-10-18/h6-7,11,13,18H,4,8-10,12H2,1-2H3. The molecule has 1 saturated heterocycles. The molecular weight excluding hydrogens is 286 g/mol. The summed E-state index contributed by atoms with van der Waals surface area (Å²) in [5.41, 5.74) is 1.64. The van der Waals surface area contributed by atoms with E-state index in [4.69, 9.17) is 5.11 Å². The molecule has 1 aromatic carbocycles. The Morgan fingerprint density at radius 3 is 2.76 bits per heavy atom. The first-order valence-corrected chi connectivity index (χ1v) is 8.59. The van der Waals surface area contributed by atoms with Crippen LogP contribution in [-0.2, 0) is 10.0 Å². The van der Waals surface area contributed by atoms with Gasteiger partial charge in [0.15, 0.2) is 0 Å². The van der Waals surface area contributed by atoms with Crippen molar-refractivity contribution in [1.82, 2.24) is 4.31 Å². The molecular formula is C16H21NO3S. The molecule has 114 valence electrons. The maximum absolute atomic E-state index is 12.6. The third kappa shape index (κ3) is 3.65. The summed E-state index contributed by atoms with van der Waals surface area (Å²) in [4.78, 5) is 0.335. The lowest BCUT2D eigenvalue weighted by atomic mass is 10.1. The van der Waals surface area contributed by atoms with E-state index < -0.39 is 10.0 Å². The van der Waals surface area contributed by atoms with Gasteiger partial charge in [0, 0.05) is 25.1 Å². The number of hydrogen-bond acceptors (Lipinski definition) is 3. The molecule has 1 fully saturated rings. The molecule has 1 atom stereocenters. The lowest BCUT2D eigenvalue weighted by Crippen LogP contribution is -2.28. The van der Waals surface area contributed by atoms with Gasteiger partial charge in [-0.2, -0.15) is 4.31 Å². The van der Waals surface area contributed by atoms with Crippen LogP contribution < -0.4 is 0 Å². The maximum Gasteiger partial charge on any atom is 0.243 e. The van der Waals surface area contributed by atoms with Gasteiger partial charge in [-0.15, -0.1) is 0 Å². The van der Waals surface area contributed by atoms with Crippen LogP contribution in [0.25, 0.3) is 0 Å². The lowest BCUT2D eigenvalue weighted by molar-refractivity contribution is 0.305. The Kier molecular flexibility index (Phi) is 5.04. The van der Waals surface area contributed by atoms with Crippen LogP contribution in [0.1, 0.15) is 30.9 Å². The highest BCUT2D eigenvalue weighted by Gasteiger charge is 2.30. The van der Waals surface area contributed by atoms with Crippen LogP contribution in [0.15, 0.2) is 23.1 Å². The van der Waals surface area contributed by atoms with Crippen LogP contribution in [0.2, 0.25) is 0 Å². The fraction of sp³-hybridized carbons (Fsp3) is 0.500. The lowest BCUT2D eigenvalue weighted by Gasteiger charge is -2.16. The van der Waals surface area contributed by atoms with Crippen molar-refractivity contribution >= 4 is 10.0 Å². The number of sulfonamides is 1. The van der Waals surface area contributed by atoms with Gasteiger partial charge in [-0.25, -0.2) is 8.42 Å². The zero-order valence-corrected chi connectivity index (χ0v) is 13.3. The normalized spacial score (nSPS) is 19.3. The molecule has 1 aromatic rings. The predicted octanol–water partition coefficient (Wildman–Crippen LogP) is 1.76. The van der Waals surface area contributed by atoms with Crippen molar-refractivity contribution in [3.8, 4) is 11.8 Å². The van der Waals surface area contributed by atoms with E-state index in [-0.39, 0.29) is 6.61 Å². The van der Waals surface area contributed by atoms with Gasteiger partial charge in [-0.05, 0) is 43.0 Å². The number of hydrogen-bond donors (Lipinski definition) is 1. The minimum Gasteiger partial charge on any atom is -0.395 e. The summed E-state index contributed by atoms with van der Waals surface area (Å²) in [5, 5.41) is 8.72. The Labute approximate surface area is 126 Å². The molecule has 4 nitrogen and oxygen atoms in total. The van der Waals surface area contributed by atoms with Crippen molar-refractivity contribution in [2.75, 3.05) is 19.7 Å². The first-order valence-electron chi connectivity index (χ1n) is 7.15. The van der Waals surface area contributed by atoms with Crippen molar-refractivity contribution < 1.29 is 13.5 Å². The molecule has 0 radical (unpaired) electrons. The second kappa shape index (κ2) is 6.61. The number of nitrogens with zero attached hydrogens (tertiary/aromatic N) is 1. The number of benzene rings is 1. The molecule has 0 aliphatic carbocycles. The Morgan fingerprint density at radius 2 is 2.19 bits per heavy atom. The van der Waals surface area contributed by atoms with E-state index in [1.807, 2.05) is 6.92 Å². The van der Waals surface area contributed by atoms with E-state index >= 15 is 0 Å². The summed E-state index contributed by atoms with van der Waals surface area (Å²) in [6.45, 7) is 5.15. The van der Waals surface area contributed by atoms with Gasteiger partial charge in [-0.1, -0.05) is 18.8 Å². The largest absolute Gasteiger partial charge is 0.395 e. The van der Waals surface area contributed by atoms with Crippen LogP contribution in [0.5, 0.6) is 0 Å². The third-order valence-corrected chi connectivity index (χ3v) is 5.54. The summed E-state index contributed by atoms with van der Waals surface area (Å²) >= 11 is 0. The first-order chi connectivity index (χ1) is 9.95. The minimum absolute atomic E-state index is 0.0334. The monoisotopic (exact) mass is 307 g/mol. The molecule has 5 heteroatoms. The fourth-order valence-corrected chi connectivity index (χ4v) is 4.07. The molecule has 21 heavy (non-hydrogen) atoms. The zero-order valence-electron chi connectivity index (χ0n) is 12.5. The fourth-order valence-electron chi connectivity index (χ4n) is 2.41. The van der Waals surface area contributed by atoms with Crippen LogP contribution >= 0.6 is 0 Å². The van der Waals surface area contributed by atoms with Crippen molar-refractivity contribution in [3.05, 3.63) is 29.3 Å². The first kappa shape index (κ1) is 16.0. The highest BCUT2D eigenvalue weighted by molar-refractivity contribution is 7.89. The van der Waals surface area contributed by atoms with Gasteiger partial charge in [0.2, 0.25) is 10.0 Å². The molecule has 1 aliphatic heterocycles. The van der Waals surface area contributed by atoms with Gasteiger partial charge < -0.3 is 5.11 Å². The van der Waals surface area contributed by atoms with Crippen molar-refractivity contribution in [2.45, 2.75) is 31.6 Å². The van der Waals surface area contributed by atoms with Crippen LogP contribution in [0.4, 0.5) is 0 Å². The Hall–Kier alpha value is -1.35. The van der Waals surface area contributed by atoms with Crippen molar-refractivity contribution in [2.24, 2.45) is 5.92 Å². The van der Waals surface area contributed by atoms with Gasteiger partial charge in [-0.3, -0.25) is 0 Å². The summed E-state index contributed by atoms with van der Waals surface area (Å²) in [7, 11) is -3.39. The number of aryl methyl sites for hydroxylation is 1. The summed E-state index contributed by atoms with van der Waals surface area (Å²) in [6, 6.07) is 5.04. The van der Waals surface area contributed by atoms with E-state index in [2.05, 4.69) is 18.8 Å². The Morgan fingerprint density at radius 1 is 1.43 bits per heavy atom. The highest BCUT2D eigenvalue weighted by atomic mass is 32.2. The van der Waals surface area contributed by atoms with Crippen LogP contribution in [-0.4, -0.2) is 37.5 Å². The second-order valence-electron chi connectivity index (χ2n) is 5.51. The smallest absolute Gasteiger partial charge is 0.243 e. The molecule has 0 spiro atoms. The molecule has 1 unspecified atom stereocenters. The van der Waals surface area contributed by atoms with E-state index in [1.54, 1.807) is 22.5 Å². The summed E-state index contributed by atoms with van der Waals surface area (Å²) in [5.74, 6) is 6.22. The quantitative estimate of drug-likeness (QED) is 0.866. The van der Waals surface area contributed by atoms with E-state index in [0.717, 1.165) is 17.5 Å². The van der Waals surface area contributed by atoms with Crippen molar-refractivity contribution in [1.29, 1.82) is 0 Å². The third-order valence-electron chi connectivity index (χ3n) is 3.68. The molecule has 1 aliphatic rings. The average Bonchev–Trinajstić information content (AvgIpc) is 2.88. The number of aliphatic hydroxyl groups is 1. The molecule has 2 rings (SSSR count). The van der Waals surface area contributed by atoms with E-state index in [1.165, 1.54) is 0 Å². The van der Waals surface area contributed by atoms with E-state index in [0.29, 0.717) is 30.3 Å². The molecule has 0 aromatic heterocycles. The highest BCUT2D eigenvalue weighted by Crippen LogP contribution is 2.25. The van der Waals surface area contributed by atoms with Gasteiger partial charge in [0.1, 0.15) is 0 Å². The average molecular weight is 307 g/mol. The number of rotatable bonds is 3. The molecule has 1 N–H and O–H groups in total. The zero-order chi connectivity index (χ0) is 15.5. The van der Waals surface area contributed by atoms with Crippen LogP contribution in [0.3, 0.4) is 0 Å². The SMILES string of the molecule is Cc1cc(S(=O)(=O)N2CCC(C)C2)ccc1C#CCCO. The minimum atomic E-state index is -3.39. The van der Waals surface area contributed by atoms with E-state index in [9.17, 15) is 8.42 Å². The Bertz CT molecular complexity index is 670. The van der Waals surface area contributed by atoms with Gasteiger partial charge >= 0.3 is 0 Å². The summed E-state index contributed by atoms with van der Waals surface area (Å²) in [6.07, 6.45) is 1.34. The molecule has 0 saturated carbocycles. The number of aliphatic hydroxyl groups excluding tert-OH is 1. The summed E-state index contributed by atoms with van der Waals surface area (Å²) < 4.78 is 26.7. The van der Waals surface area contributed by atoms with Gasteiger partial charge in [0.25, 0.3) is 0 Å².